The highest BCUT2D eigenvalue weighted by atomic mass is 35.5. The van der Waals surface area contributed by atoms with Crippen molar-refractivity contribution in [3.05, 3.63) is 81.0 Å². The summed E-state index contributed by atoms with van der Waals surface area (Å²) in [6.45, 7) is 4.51. The minimum absolute atomic E-state index is 0.162. The molecule has 6 nitrogen and oxygen atoms in total. The fourth-order valence-electron chi connectivity index (χ4n) is 3.12. The predicted molar refractivity (Wildman–Crippen MR) is 127 cm³/mol. The summed E-state index contributed by atoms with van der Waals surface area (Å²) in [6.07, 6.45) is 0. The number of hydrogen-bond donors (Lipinski definition) is 2. The lowest BCUT2D eigenvalue weighted by atomic mass is 10.0. The smallest absolute Gasteiger partial charge is 0.251 e. The lowest BCUT2D eigenvalue weighted by Gasteiger charge is -2.19. The Hall–Kier alpha value is -3.03. The van der Waals surface area contributed by atoms with Crippen molar-refractivity contribution < 1.29 is 19.1 Å². The molecule has 0 saturated heterocycles. The molecule has 2 aromatic carbocycles. The van der Waals surface area contributed by atoms with E-state index in [0.29, 0.717) is 35.3 Å². The van der Waals surface area contributed by atoms with Crippen LogP contribution in [0, 0.1) is 0 Å². The van der Waals surface area contributed by atoms with Crippen LogP contribution < -0.4 is 20.1 Å². The van der Waals surface area contributed by atoms with Crippen LogP contribution in [-0.4, -0.2) is 31.6 Å². The molecule has 1 unspecified atom stereocenters. The summed E-state index contributed by atoms with van der Waals surface area (Å²) in [5.74, 6) is 0.389. The molecule has 8 heteroatoms. The third kappa shape index (κ3) is 6.24. The van der Waals surface area contributed by atoms with Crippen molar-refractivity contribution in [2.24, 2.45) is 0 Å². The molecule has 3 rings (SSSR count). The SMILES string of the molecule is CCOc1ccc(C(=O)NCC(=O)NC(c2ccc(Cl)cc2)c2ccsc2)cc1OCC. The number of benzene rings is 2. The molecule has 2 amide bonds. The zero-order chi connectivity index (χ0) is 22.9. The third-order valence-electron chi connectivity index (χ3n) is 4.60. The fraction of sp³-hybridized carbons (Fsp3) is 0.250. The number of nitrogens with one attached hydrogen (secondary N) is 2. The van der Waals surface area contributed by atoms with Gasteiger partial charge in [-0.1, -0.05) is 23.7 Å². The Balaban J connectivity index is 1.65. The first-order chi connectivity index (χ1) is 15.5. The van der Waals surface area contributed by atoms with Gasteiger partial charge in [0.15, 0.2) is 11.5 Å². The lowest BCUT2D eigenvalue weighted by molar-refractivity contribution is -0.120. The van der Waals surface area contributed by atoms with E-state index >= 15 is 0 Å². The standard InChI is InChI=1S/C24H25ClN2O4S/c1-3-30-20-10-7-17(13-21(20)31-4-2)24(29)26-14-22(28)27-23(18-11-12-32-15-18)16-5-8-19(25)9-6-16/h5-13,15,23H,3-4,14H2,1-2H3,(H,26,29)(H,27,28). The van der Waals surface area contributed by atoms with E-state index in [9.17, 15) is 9.59 Å². The number of carbonyl (C=O) groups excluding carboxylic acids is 2. The van der Waals surface area contributed by atoms with Crippen LogP contribution in [0.15, 0.2) is 59.3 Å². The molecule has 168 valence electrons. The van der Waals surface area contributed by atoms with E-state index in [4.69, 9.17) is 21.1 Å². The molecule has 0 aliphatic carbocycles. The second-order valence-corrected chi connectivity index (χ2v) is 8.04. The molecule has 1 heterocycles. The molecule has 0 bridgehead atoms. The van der Waals surface area contributed by atoms with Crippen LogP contribution >= 0.6 is 22.9 Å². The van der Waals surface area contributed by atoms with Gasteiger partial charge in [-0.25, -0.2) is 0 Å². The first-order valence-electron chi connectivity index (χ1n) is 10.3. The maximum atomic E-state index is 12.6. The van der Waals surface area contributed by atoms with Crippen molar-refractivity contribution in [3.8, 4) is 11.5 Å². The van der Waals surface area contributed by atoms with Crippen molar-refractivity contribution in [3.63, 3.8) is 0 Å². The second-order valence-electron chi connectivity index (χ2n) is 6.82. The number of amides is 2. The van der Waals surface area contributed by atoms with Crippen molar-refractivity contribution in [2.75, 3.05) is 19.8 Å². The topological polar surface area (TPSA) is 76.7 Å². The van der Waals surface area contributed by atoms with E-state index in [-0.39, 0.29) is 24.4 Å². The molecule has 1 atom stereocenters. The third-order valence-corrected chi connectivity index (χ3v) is 5.55. The summed E-state index contributed by atoms with van der Waals surface area (Å²) in [4.78, 5) is 25.2. The maximum absolute atomic E-state index is 12.6. The summed E-state index contributed by atoms with van der Waals surface area (Å²) in [5.41, 5.74) is 2.25. The van der Waals surface area contributed by atoms with Gasteiger partial charge in [-0.15, -0.1) is 0 Å². The molecule has 0 aliphatic heterocycles. The van der Waals surface area contributed by atoms with E-state index < -0.39 is 0 Å². The largest absolute Gasteiger partial charge is 0.490 e. The number of halogens is 1. The van der Waals surface area contributed by atoms with Crippen molar-refractivity contribution in [1.82, 2.24) is 10.6 Å². The van der Waals surface area contributed by atoms with Crippen LogP contribution in [0.25, 0.3) is 0 Å². The lowest BCUT2D eigenvalue weighted by Crippen LogP contribution is -2.39. The first-order valence-corrected chi connectivity index (χ1v) is 11.6. The number of carbonyl (C=O) groups is 2. The van der Waals surface area contributed by atoms with Crippen molar-refractivity contribution in [1.29, 1.82) is 0 Å². The minimum atomic E-state index is -0.372. The average Bonchev–Trinajstić information content (AvgIpc) is 3.33. The van der Waals surface area contributed by atoms with E-state index in [1.807, 2.05) is 42.8 Å². The molecule has 0 aliphatic rings. The summed E-state index contributed by atoms with van der Waals surface area (Å²) < 4.78 is 11.1. The molecular formula is C24H25ClN2O4S. The molecule has 32 heavy (non-hydrogen) atoms. The number of ether oxygens (including phenoxy) is 2. The molecule has 0 saturated carbocycles. The average molecular weight is 473 g/mol. The molecular weight excluding hydrogens is 448 g/mol. The number of hydrogen-bond acceptors (Lipinski definition) is 5. The van der Waals surface area contributed by atoms with E-state index in [1.54, 1.807) is 41.7 Å². The van der Waals surface area contributed by atoms with Gasteiger partial charge in [0.05, 0.1) is 25.8 Å². The van der Waals surface area contributed by atoms with Gasteiger partial charge in [0.1, 0.15) is 0 Å². The van der Waals surface area contributed by atoms with E-state index in [1.165, 1.54) is 0 Å². The Morgan fingerprint density at radius 2 is 1.69 bits per heavy atom. The summed E-state index contributed by atoms with van der Waals surface area (Å²) >= 11 is 7.55. The van der Waals surface area contributed by atoms with Gasteiger partial charge in [-0.3, -0.25) is 9.59 Å². The molecule has 3 aromatic rings. The van der Waals surface area contributed by atoms with Gasteiger partial charge >= 0.3 is 0 Å². The van der Waals surface area contributed by atoms with Crippen molar-refractivity contribution in [2.45, 2.75) is 19.9 Å². The van der Waals surface area contributed by atoms with Crippen LogP contribution in [0.4, 0.5) is 0 Å². The minimum Gasteiger partial charge on any atom is -0.490 e. The van der Waals surface area contributed by atoms with Gasteiger partial charge in [-0.2, -0.15) is 11.3 Å². The second kappa shape index (κ2) is 11.5. The normalized spacial score (nSPS) is 11.5. The van der Waals surface area contributed by atoms with Gasteiger partial charge < -0.3 is 20.1 Å². The number of thiophene rings is 1. The highest BCUT2D eigenvalue weighted by Gasteiger charge is 2.18. The van der Waals surface area contributed by atoms with Crippen LogP contribution in [0.2, 0.25) is 5.02 Å². The Morgan fingerprint density at radius 3 is 2.34 bits per heavy atom. The Kier molecular flexibility index (Phi) is 8.53. The van der Waals surface area contributed by atoms with E-state index in [2.05, 4.69) is 10.6 Å². The Labute approximate surface area is 196 Å². The molecule has 0 fully saturated rings. The quantitative estimate of drug-likeness (QED) is 0.443. The summed E-state index contributed by atoms with van der Waals surface area (Å²) in [5, 5.41) is 10.2. The Morgan fingerprint density at radius 1 is 0.969 bits per heavy atom. The fourth-order valence-corrected chi connectivity index (χ4v) is 3.93. The van der Waals surface area contributed by atoms with Crippen LogP contribution in [0.5, 0.6) is 11.5 Å². The predicted octanol–water partition coefficient (Wildman–Crippen LogP) is 4.83. The Bertz CT molecular complexity index is 1040. The summed E-state index contributed by atoms with van der Waals surface area (Å²) in [7, 11) is 0. The van der Waals surface area contributed by atoms with Crippen LogP contribution in [0.3, 0.4) is 0 Å². The summed E-state index contributed by atoms with van der Waals surface area (Å²) in [6, 6.07) is 13.9. The van der Waals surface area contributed by atoms with Gasteiger partial charge in [0, 0.05) is 10.6 Å². The van der Waals surface area contributed by atoms with Crippen LogP contribution in [0.1, 0.15) is 41.4 Å². The van der Waals surface area contributed by atoms with Crippen molar-refractivity contribution >= 4 is 34.8 Å². The molecule has 0 radical (unpaired) electrons. The molecule has 2 N–H and O–H groups in total. The highest BCUT2D eigenvalue weighted by Crippen LogP contribution is 2.28. The first kappa shape index (κ1) is 23.6. The zero-order valence-electron chi connectivity index (χ0n) is 17.9. The monoisotopic (exact) mass is 472 g/mol. The van der Waals surface area contributed by atoms with Gasteiger partial charge in [0.2, 0.25) is 5.91 Å². The molecule has 0 spiro atoms. The van der Waals surface area contributed by atoms with E-state index in [0.717, 1.165) is 11.1 Å². The van der Waals surface area contributed by atoms with Gasteiger partial charge in [0.25, 0.3) is 5.91 Å². The maximum Gasteiger partial charge on any atom is 0.251 e. The van der Waals surface area contributed by atoms with Crippen LogP contribution in [-0.2, 0) is 4.79 Å². The number of rotatable bonds is 10. The highest BCUT2D eigenvalue weighted by molar-refractivity contribution is 7.08. The zero-order valence-corrected chi connectivity index (χ0v) is 19.5. The van der Waals surface area contributed by atoms with Gasteiger partial charge in [-0.05, 0) is 72.1 Å². The molecule has 1 aromatic heterocycles.